The summed E-state index contributed by atoms with van der Waals surface area (Å²) in [4.78, 5) is 11.6. The Kier molecular flexibility index (Phi) is 9.61. The van der Waals surface area contributed by atoms with Gasteiger partial charge in [0, 0.05) is 31.1 Å². The topological polar surface area (TPSA) is 65.7 Å². The summed E-state index contributed by atoms with van der Waals surface area (Å²) in [5.41, 5.74) is 1.33. The van der Waals surface area contributed by atoms with Crippen molar-refractivity contribution in [2.24, 2.45) is 4.99 Å². The van der Waals surface area contributed by atoms with Crippen LogP contribution in [0.1, 0.15) is 57.8 Å². The lowest BCUT2D eigenvalue weighted by atomic mass is 9.94. The maximum atomic E-state index is 5.87. The molecule has 1 aliphatic heterocycles. The van der Waals surface area contributed by atoms with Crippen LogP contribution in [0.15, 0.2) is 45.9 Å². The molecule has 2 heterocycles. The fourth-order valence-electron chi connectivity index (χ4n) is 3.55. The maximum absolute atomic E-state index is 5.87. The quantitative estimate of drug-likeness (QED) is 0.335. The van der Waals surface area contributed by atoms with Gasteiger partial charge in [0.1, 0.15) is 12.3 Å². The second-order valence-electron chi connectivity index (χ2n) is 8.77. The van der Waals surface area contributed by atoms with Crippen molar-refractivity contribution in [2.45, 2.75) is 65.1 Å². The summed E-state index contributed by atoms with van der Waals surface area (Å²) in [7, 11) is 0. The predicted molar refractivity (Wildman–Crippen MR) is 133 cm³/mol. The highest BCUT2D eigenvalue weighted by Crippen LogP contribution is 2.22. The Bertz CT molecular complexity index is 784. The third-order valence-corrected chi connectivity index (χ3v) is 5.10. The van der Waals surface area contributed by atoms with Gasteiger partial charge in [-0.15, -0.1) is 24.0 Å². The molecule has 0 spiro atoms. The largest absolute Gasteiger partial charge is 0.443 e. The lowest BCUT2D eigenvalue weighted by molar-refractivity contribution is 0.192. The van der Waals surface area contributed by atoms with Gasteiger partial charge in [-0.1, -0.05) is 51.1 Å². The van der Waals surface area contributed by atoms with E-state index in [9.17, 15) is 0 Å². The molecule has 2 N–H and O–H groups in total. The Hall–Kier alpha value is -1.61. The molecule has 1 fully saturated rings. The molecule has 2 aromatic rings. The Morgan fingerprint density at radius 3 is 2.70 bits per heavy atom. The first-order valence-corrected chi connectivity index (χ1v) is 10.7. The van der Waals surface area contributed by atoms with E-state index in [-0.39, 0.29) is 29.4 Å². The highest BCUT2D eigenvalue weighted by atomic mass is 127. The summed E-state index contributed by atoms with van der Waals surface area (Å²) < 4.78 is 5.87. The van der Waals surface area contributed by atoms with Crippen molar-refractivity contribution >= 4 is 29.9 Å². The molecule has 30 heavy (non-hydrogen) atoms. The highest BCUT2D eigenvalue weighted by molar-refractivity contribution is 14.0. The number of nitrogens with zero attached hydrogens (tertiary/aromatic N) is 3. The molecule has 6 nitrogen and oxygen atoms in total. The summed E-state index contributed by atoms with van der Waals surface area (Å²) in [6, 6.07) is 11.1. The van der Waals surface area contributed by atoms with Gasteiger partial charge in [0.15, 0.2) is 5.96 Å². The van der Waals surface area contributed by atoms with Gasteiger partial charge in [-0.2, -0.15) is 0 Å². The number of piperidine rings is 1. The van der Waals surface area contributed by atoms with E-state index in [1.54, 1.807) is 0 Å². The predicted octanol–water partition coefficient (Wildman–Crippen LogP) is 4.31. The lowest BCUT2D eigenvalue weighted by Crippen LogP contribution is -2.51. The number of hydrogen-bond acceptors (Lipinski definition) is 4. The van der Waals surface area contributed by atoms with Crippen LogP contribution in [-0.2, 0) is 18.5 Å². The minimum atomic E-state index is -0.0397. The van der Waals surface area contributed by atoms with E-state index < -0.39 is 0 Å². The molecule has 1 unspecified atom stereocenters. The zero-order chi connectivity index (χ0) is 20.7. The van der Waals surface area contributed by atoms with Crippen LogP contribution in [0.25, 0.3) is 0 Å². The monoisotopic (exact) mass is 525 g/mol. The van der Waals surface area contributed by atoms with Gasteiger partial charge in [-0.05, 0) is 31.9 Å². The van der Waals surface area contributed by atoms with Crippen molar-refractivity contribution in [3.8, 4) is 0 Å². The molecular formula is C23H36IN5O. The van der Waals surface area contributed by atoms with Crippen LogP contribution in [0.2, 0.25) is 0 Å². The van der Waals surface area contributed by atoms with E-state index in [0.29, 0.717) is 18.5 Å². The number of aliphatic imine (C=N–C) groups is 1. The van der Waals surface area contributed by atoms with Crippen molar-refractivity contribution in [2.75, 3.05) is 19.6 Å². The minimum absolute atomic E-state index is 0. The molecule has 1 atom stereocenters. The smallest absolute Gasteiger partial charge is 0.216 e. The van der Waals surface area contributed by atoms with Crippen molar-refractivity contribution in [3.63, 3.8) is 0 Å². The number of hydrogen-bond donors (Lipinski definition) is 2. The Labute approximate surface area is 198 Å². The van der Waals surface area contributed by atoms with E-state index in [1.807, 2.05) is 6.20 Å². The Morgan fingerprint density at radius 2 is 2.03 bits per heavy atom. The second kappa shape index (κ2) is 11.7. The fourth-order valence-corrected chi connectivity index (χ4v) is 3.55. The molecule has 0 bridgehead atoms. The number of rotatable bonds is 6. The third kappa shape index (κ3) is 7.58. The molecule has 1 aromatic heterocycles. The molecule has 0 amide bonds. The summed E-state index contributed by atoms with van der Waals surface area (Å²) >= 11 is 0. The van der Waals surface area contributed by atoms with Crippen molar-refractivity contribution in [1.82, 2.24) is 20.5 Å². The summed E-state index contributed by atoms with van der Waals surface area (Å²) in [5, 5.41) is 6.96. The first-order valence-electron chi connectivity index (χ1n) is 10.7. The molecule has 0 aliphatic carbocycles. The molecular weight excluding hydrogens is 489 g/mol. The fraction of sp³-hybridized carbons (Fsp3) is 0.565. The third-order valence-electron chi connectivity index (χ3n) is 5.10. The number of benzene rings is 1. The van der Waals surface area contributed by atoms with E-state index in [2.05, 4.69) is 78.5 Å². The summed E-state index contributed by atoms with van der Waals surface area (Å²) in [5.74, 6) is 2.38. The SMILES string of the molecule is CCNC(=NCc1ncc(C(C)(C)C)o1)NC1CCCN(Cc2ccccc2)C1.I. The number of likely N-dealkylation sites (tertiary alicyclic amines) is 1. The van der Waals surface area contributed by atoms with Crippen LogP contribution in [0.4, 0.5) is 0 Å². The molecule has 1 saturated heterocycles. The molecule has 166 valence electrons. The number of oxazole rings is 1. The zero-order valence-electron chi connectivity index (χ0n) is 18.6. The van der Waals surface area contributed by atoms with Gasteiger partial charge < -0.3 is 15.1 Å². The van der Waals surface area contributed by atoms with E-state index in [0.717, 1.165) is 44.3 Å². The van der Waals surface area contributed by atoms with Crippen LogP contribution in [0, 0.1) is 0 Å². The summed E-state index contributed by atoms with van der Waals surface area (Å²) in [6.45, 7) is 12.9. The lowest BCUT2D eigenvalue weighted by Gasteiger charge is -2.34. The van der Waals surface area contributed by atoms with Gasteiger partial charge >= 0.3 is 0 Å². The van der Waals surface area contributed by atoms with Crippen LogP contribution < -0.4 is 10.6 Å². The molecule has 1 aromatic carbocycles. The molecule has 7 heteroatoms. The standard InChI is InChI=1S/C23H35N5O.HI/c1-5-24-22(26-15-21-25-14-20(29-21)23(2,3)4)27-19-12-9-13-28(17-19)16-18-10-7-6-8-11-18;/h6-8,10-11,14,19H,5,9,12-13,15-17H2,1-4H3,(H2,24,26,27);1H. The van der Waals surface area contributed by atoms with Crippen molar-refractivity contribution in [3.05, 3.63) is 53.7 Å². The second-order valence-corrected chi connectivity index (χ2v) is 8.77. The first kappa shape index (κ1) is 24.7. The van der Waals surface area contributed by atoms with Crippen LogP contribution in [0.5, 0.6) is 0 Å². The van der Waals surface area contributed by atoms with E-state index in [1.165, 1.54) is 12.0 Å². The Balaban J connectivity index is 0.00000320. The zero-order valence-corrected chi connectivity index (χ0v) is 21.0. The van der Waals surface area contributed by atoms with Gasteiger partial charge in [0.2, 0.25) is 5.89 Å². The average molecular weight is 525 g/mol. The first-order chi connectivity index (χ1) is 13.9. The van der Waals surface area contributed by atoms with Gasteiger partial charge in [-0.25, -0.2) is 9.98 Å². The minimum Gasteiger partial charge on any atom is -0.443 e. The molecule has 0 radical (unpaired) electrons. The molecule has 1 aliphatic rings. The van der Waals surface area contributed by atoms with Gasteiger partial charge in [0.25, 0.3) is 0 Å². The highest BCUT2D eigenvalue weighted by Gasteiger charge is 2.21. The van der Waals surface area contributed by atoms with Crippen LogP contribution in [-0.4, -0.2) is 41.5 Å². The van der Waals surface area contributed by atoms with Crippen molar-refractivity contribution in [1.29, 1.82) is 0 Å². The van der Waals surface area contributed by atoms with Crippen LogP contribution in [0.3, 0.4) is 0 Å². The van der Waals surface area contributed by atoms with E-state index in [4.69, 9.17) is 9.41 Å². The molecule has 0 saturated carbocycles. The number of aromatic nitrogens is 1. The van der Waals surface area contributed by atoms with Gasteiger partial charge in [0.05, 0.1) is 6.20 Å². The number of guanidine groups is 1. The summed E-state index contributed by atoms with van der Waals surface area (Å²) in [6.07, 6.45) is 4.16. The normalized spacial score (nSPS) is 18.0. The Morgan fingerprint density at radius 1 is 1.27 bits per heavy atom. The average Bonchev–Trinajstić information content (AvgIpc) is 3.17. The van der Waals surface area contributed by atoms with Crippen molar-refractivity contribution < 1.29 is 4.42 Å². The van der Waals surface area contributed by atoms with E-state index >= 15 is 0 Å². The molecule has 3 rings (SSSR count). The number of halogens is 1. The maximum Gasteiger partial charge on any atom is 0.216 e. The number of nitrogens with one attached hydrogen (secondary N) is 2. The van der Waals surface area contributed by atoms with Crippen LogP contribution >= 0.6 is 24.0 Å². The van der Waals surface area contributed by atoms with Gasteiger partial charge in [-0.3, -0.25) is 4.90 Å².